The van der Waals surface area contributed by atoms with Crippen LogP contribution in [0.5, 0.6) is 0 Å². The van der Waals surface area contributed by atoms with E-state index in [2.05, 4.69) is 22.1 Å². The molecular weight excluding hydrogens is 310 g/mol. The lowest BCUT2D eigenvalue weighted by Gasteiger charge is -2.19. The van der Waals surface area contributed by atoms with Gasteiger partial charge in [-0.2, -0.15) is 5.10 Å². The number of rotatable bonds is 1. The molecule has 2 N–H and O–H groups in total. The van der Waals surface area contributed by atoms with Gasteiger partial charge < -0.3 is 15.5 Å². The van der Waals surface area contributed by atoms with Crippen molar-refractivity contribution in [3.05, 3.63) is 16.1 Å². The molecule has 23 heavy (non-hydrogen) atoms. The molecule has 1 amide bonds. The van der Waals surface area contributed by atoms with Gasteiger partial charge in [0.25, 0.3) is 5.91 Å². The Labute approximate surface area is 139 Å². The van der Waals surface area contributed by atoms with Crippen molar-refractivity contribution in [3.63, 3.8) is 0 Å². The summed E-state index contributed by atoms with van der Waals surface area (Å²) in [5, 5.41) is 9.25. The Balaban J connectivity index is 1.66. The van der Waals surface area contributed by atoms with E-state index in [4.69, 9.17) is 5.73 Å². The van der Waals surface area contributed by atoms with Crippen molar-refractivity contribution in [1.29, 1.82) is 0 Å². The molecule has 2 atom stereocenters. The number of amides is 1. The fourth-order valence-electron chi connectivity index (χ4n) is 3.94. The monoisotopic (exact) mass is 331 g/mol. The standard InChI is InChI=1S/C16H21N5OS/c1-8-9(2)18-19-15-12(8)13(17)14(23-15)16(22)21-6-10-4-20(3)5-11(10)7-21/h10-11H,4-7,17H2,1-3H3. The van der Waals surface area contributed by atoms with Crippen LogP contribution in [0.15, 0.2) is 0 Å². The molecule has 0 spiro atoms. The number of hydrogen-bond acceptors (Lipinski definition) is 6. The highest BCUT2D eigenvalue weighted by Gasteiger charge is 2.41. The molecule has 4 heterocycles. The van der Waals surface area contributed by atoms with Crippen molar-refractivity contribution in [1.82, 2.24) is 20.0 Å². The van der Waals surface area contributed by atoms with E-state index >= 15 is 0 Å². The fraction of sp³-hybridized carbons (Fsp3) is 0.562. The lowest BCUT2D eigenvalue weighted by molar-refractivity contribution is 0.0781. The predicted molar refractivity (Wildman–Crippen MR) is 91.7 cm³/mol. The van der Waals surface area contributed by atoms with Crippen molar-refractivity contribution in [2.75, 3.05) is 39.0 Å². The zero-order chi connectivity index (χ0) is 16.3. The first kappa shape index (κ1) is 14.8. The maximum absolute atomic E-state index is 12.9. The SMILES string of the molecule is Cc1nnc2sc(C(=O)N3CC4CN(C)CC4C3)c(N)c2c1C. The van der Waals surface area contributed by atoms with Crippen molar-refractivity contribution in [2.24, 2.45) is 11.8 Å². The maximum Gasteiger partial charge on any atom is 0.266 e. The van der Waals surface area contributed by atoms with Gasteiger partial charge in [-0.25, -0.2) is 0 Å². The molecule has 2 aromatic heterocycles. The molecule has 0 bridgehead atoms. The summed E-state index contributed by atoms with van der Waals surface area (Å²) in [4.78, 5) is 18.6. The summed E-state index contributed by atoms with van der Waals surface area (Å²) < 4.78 is 0. The van der Waals surface area contributed by atoms with Crippen LogP contribution in [-0.4, -0.2) is 59.1 Å². The topological polar surface area (TPSA) is 75.4 Å². The molecule has 0 aromatic carbocycles. The average molecular weight is 331 g/mol. The second kappa shape index (κ2) is 5.14. The molecule has 0 radical (unpaired) electrons. The number of nitrogen functional groups attached to an aromatic ring is 1. The molecular formula is C16H21N5OS. The Morgan fingerprint density at radius 3 is 2.48 bits per heavy atom. The molecule has 2 aromatic rings. The number of carbonyl (C=O) groups excluding carboxylic acids is 1. The minimum atomic E-state index is 0.0552. The third-order valence-corrected chi connectivity index (χ3v) is 6.36. The van der Waals surface area contributed by atoms with Gasteiger partial charge in [-0.05, 0) is 38.3 Å². The van der Waals surface area contributed by atoms with E-state index in [1.807, 2.05) is 18.7 Å². The van der Waals surface area contributed by atoms with Crippen LogP contribution in [0.25, 0.3) is 10.2 Å². The van der Waals surface area contributed by atoms with Gasteiger partial charge >= 0.3 is 0 Å². The van der Waals surface area contributed by atoms with E-state index < -0.39 is 0 Å². The summed E-state index contributed by atoms with van der Waals surface area (Å²) in [6.07, 6.45) is 0. The zero-order valence-corrected chi connectivity index (χ0v) is 14.5. The molecule has 2 saturated heterocycles. The van der Waals surface area contributed by atoms with Gasteiger partial charge in [-0.15, -0.1) is 16.4 Å². The van der Waals surface area contributed by atoms with Gasteiger partial charge in [0, 0.05) is 31.6 Å². The van der Waals surface area contributed by atoms with Crippen molar-refractivity contribution < 1.29 is 4.79 Å². The van der Waals surface area contributed by atoms with Crippen molar-refractivity contribution in [3.8, 4) is 0 Å². The summed E-state index contributed by atoms with van der Waals surface area (Å²) in [6.45, 7) is 7.75. The summed E-state index contributed by atoms with van der Waals surface area (Å²) >= 11 is 1.37. The average Bonchev–Trinajstić information content (AvgIpc) is 3.13. The lowest BCUT2D eigenvalue weighted by Crippen LogP contribution is -2.32. The van der Waals surface area contributed by atoms with E-state index in [1.54, 1.807) is 0 Å². The molecule has 2 unspecified atom stereocenters. The second-order valence-corrected chi connectivity index (χ2v) is 7.89. The molecule has 2 fully saturated rings. The summed E-state index contributed by atoms with van der Waals surface area (Å²) in [5.74, 6) is 1.26. The van der Waals surface area contributed by atoms with Crippen molar-refractivity contribution in [2.45, 2.75) is 13.8 Å². The first-order chi connectivity index (χ1) is 11.0. The van der Waals surface area contributed by atoms with Crippen molar-refractivity contribution >= 4 is 33.1 Å². The number of aryl methyl sites for hydroxylation is 2. The highest BCUT2D eigenvalue weighted by molar-refractivity contribution is 7.21. The number of thiophene rings is 1. The van der Waals surface area contributed by atoms with Gasteiger partial charge in [0.1, 0.15) is 9.71 Å². The highest BCUT2D eigenvalue weighted by atomic mass is 32.1. The summed E-state index contributed by atoms with van der Waals surface area (Å²) in [5.41, 5.74) is 8.75. The molecule has 6 nitrogen and oxygen atoms in total. The molecule has 122 valence electrons. The van der Waals surface area contributed by atoms with Crippen LogP contribution in [0.3, 0.4) is 0 Å². The summed E-state index contributed by atoms with van der Waals surface area (Å²) in [7, 11) is 2.15. The van der Waals surface area contributed by atoms with E-state index in [-0.39, 0.29) is 5.91 Å². The third kappa shape index (κ3) is 2.21. The fourth-order valence-corrected chi connectivity index (χ4v) is 5.01. The molecule has 0 saturated carbocycles. The number of hydrogen-bond donors (Lipinski definition) is 1. The minimum absolute atomic E-state index is 0.0552. The van der Waals surface area contributed by atoms with Gasteiger partial charge in [-0.3, -0.25) is 4.79 Å². The smallest absolute Gasteiger partial charge is 0.266 e. The number of fused-ring (bicyclic) bond motifs is 2. The molecule has 2 aliphatic rings. The zero-order valence-electron chi connectivity index (χ0n) is 13.7. The first-order valence-electron chi connectivity index (χ1n) is 7.95. The summed E-state index contributed by atoms with van der Waals surface area (Å²) in [6, 6.07) is 0. The number of nitrogens with two attached hydrogens (primary N) is 1. The minimum Gasteiger partial charge on any atom is -0.397 e. The Bertz CT molecular complexity index is 787. The van der Waals surface area contributed by atoms with Crippen LogP contribution in [0.1, 0.15) is 20.9 Å². The van der Waals surface area contributed by atoms with Crippen LogP contribution in [0, 0.1) is 25.7 Å². The molecule has 7 heteroatoms. The van der Waals surface area contributed by atoms with E-state index in [9.17, 15) is 4.79 Å². The largest absolute Gasteiger partial charge is 0.397 e. The maximum atomic E-state index is 12.9. The number of likely N-dealkylation sites (tertiary alicyclic amines) is 2. The van der Waals surface area contributed by atoms with Gasteiger partial charge in [0.15, 0.2) is 0 Å². The second-order valence-electron chi connectivity index (χ2n) is 6.89. The lowest BCUT2D eigenvalue weighted by atomic mass is 10.0. The highest BCUT2D eigenvalue weighted by Crippen LogP contribution is 2.37. The van der Waals surface area contributed by atoms with Crippen LogP contribution in [-0.2, 0) is 0 Å². The number of nitrogens with zero attached hydrogens (tertiary/aromatic N) is 4. The van der Waals surface area contributed by atoms with E-state index in [0.29, 0.717) is 22.4 Å². The van der Waals surface area contributed by atoms with E-state index in [1.165, 1.54) is 11.3 Å². The predicted octanol–water partition coefficient (Wildman–Crippen LogP) is 1.52. The molecule has 2 aliphatic heterocycles. The third-order valence-electron chi connectivity index (χ3n) is 5.29. The first-order valence-corrected chi connectivity index (χ1v) is 8.77. The number of carbonyl (C=O) groups is 1. The van der Waals surface area contributed by atoms with E-state index in [0.717, 1.165) is 47.7 Å². The molecule has 4 rings (SSSR count). The van der Waals surface area contributed by atoms with Crippen LogP contribution in [0.2, 0.25) is 0 Å². The van der Waals surface area contributed by atoms with Crippen LogP contribution < -0.4 is 5.73 Å². The van der Waals surface area contributed by atoms with Crippen LogP contribution >= 0.6 is 11.3 Å². The number of aromatic nitrogens is 2. The van der Waals surface area contributed by atoms with Gasteiger partial charge in [-0.1, -0.05) is 0 Å². The molecule has 0 aliphatic carbocycles. The van der Waals surface area contributed by atoms with Gasteiger partial charge in [0.05, 0.1) is 11.4 Å². The Kier molecular flexibility index (Phi) is 3.32. The van der Waals surface area contributed by atoms with Crippen LogP contribution in [0.4, 0.5) is 5.69 Å². The Morgan fingerprint density at radius 1 is 1.17 bits per heavy atom. The number of anilines is 1. The Morgan fingerprint density at radius 2 is 1.83 bits per heavy atom. The van der Waals surface area contributed by atoms with Gasteiger partial charge in [0.2, 0.25) is 0 Å². The quantitative estimate of drug-likeness (QED) is 0.857. The Hall–Kier alpha value is -1.73. The normalized spacial score (nSPS) is 24.6.